The molecule has 0 spiro atoms. The van der Waals surface area contributed by atoms with Crippen molar-refractivity contribution < 1.29 is 5.11 Å². The molecule has 1 saturated carbocycles. The van der Waals surface area contributed by atoms with Crippen molar-refractivity contribution in [2.45, 2.75) is 51.6 Å². The Labute approximate surface area is 159 Å². The summed E-state index contributed by atoms with van der Waals surface area (Å²) in [6.07, 6.45) is 6.00. The van der Waals surface area contributed by atoms with Crippen molar-refractivity contribution in [3.05, 3.63) is 45.7 Å². The third-order valence-electron chi connectivity index (χ3n) is 5.12. The topological polar surface area (TPSA) is 68.4 Å². The van der Waals surface area contributed by atoms with Crippen LogP contribution in [-0.2, 0) is 6.54 Å². The van der Waals surface area contributed by atoms with Gasteiger partial charge in [-0.25, -0.2) is 0 Å². The Morgan fingerprint density at radius 2 is 2.12 bits per heavy atom. The lowest BCUT2D eigenvalue weighted by Crippen LogP contribution is -2.46. The molecule has 0 amide bonds. The summed E-state index contributed by atoms with van der Waals surface area (Å²) in [7, 11) is 0. The second-order valence-corrected chi connectivity index (χ2v) is 7.48. The molecule has 2 aromatic rings. The molecule has 1 aromatic heterocycles. The molecule has 1 aliphatic carbocycles. The first-order valence-corrected chi connectivity index (χ1v) is 9.77. The molecule has 0 bridgehead atoms. The van der Waals surface area contributed by atoms with Gasteiger partial charge >= 0.3 is 0 Å². The van der Waals surface area contributed by atoms with E-state index < -0.39 is 0 Å². The van der Waals surface area contributed by atoms with Gasteiger partial charge in [-0.05, 0) is 49.0 Å². The maximum absolute atomic E-state index is 12.5. The van der Waals surface area contributed by atoms with E-state index in [4.69, 9.17) is 12.2 Å². The van der Waals surface area contributed by atoms with Crippen LogP contribution in [0.15, 0.2) is 29.1 Å². The van der Waals surface area contributed by atoms with Crippen LogP contribution in [0.1, 0.15) is 43.2 Å². The number of aromatic nitrogens is 1. The first kappa shape index (κ1) is 18.9. The van der Waals surface area contributed by atoms with E-state index in [0.29, 0.717) is 29.8 Å². The number of aliphatic hydroxyl groups is 1. The van der Waals surface area contributed by atoms with Gasteiger partial charge < -0.3 is 20.3 Å². The second kappa shape index (κ2) is 8.64. The van der Waals surface area contributed by atoms with Gasteiger partial charge in [-0.1, -0.05) is 37.5 Å². The standard InChI is InChI=1S/C20H27N3O2S/c1-14-6-5-7-15-12-16(19(25)22-18(14)15)13-23(10-11-24)20(26)21-17-8-3-2-4-9-17/h5-7,12,17,24H,2-4,8-11,13H2,1H3,(H,21,26)(H,22,25). The summed E-state index contributed by atoms with van der Waals surface area (Å²) in [6.45, 7) is 2.78. The number of thiocarbonyl (C=S) groups is 1. The fraction of sp³-hybridized carbons (Fsp3) is 0.500. The number of hydrogen-bond acceptors (Lipinski definition) is 3. The lowest BCUT2D eigenvalue weighted by Gasteiger charge is -2.30. The van der Waals surface area contributed by atoms with Crippen LogP contribution in [0.25, 0.3) is 10.9 Å². The van der Waals surface area contributed by atoms with Gasteiger partial charge in [0.1, 0.15) is 0 Å². The maximum atomic E-state index is 12.5. The molecule has 0 aliphatic heterocycles. The van der Waals surface area contributed by atoms with Crippen molar-refractivity contribution in [1.29, 1.82) is 0 Å². The Balaban J connectivity index is 1.78. The maximum Gasteiger partial charge on any atom is 0.253 e. The molecular weight excluding hydrogens is 346 g/mol. The van der Waals surface area contributed by atoms with Crippen LogP contribution in [0.2, 0.25) is 0 Å². The number of rotatable bonds is 5. The molecular formula is C20H27N3O2S. The Morgan fingerprint density at radius 1 is 1.35 bits per heavy atom. The van der Waals surface area contributed by atoms with E-state index in [2.05, 4.69) is 10.3 Å². The zero-order chi connectivity index (χ0) is 18.5. The predicted molar refractivity (Wildman–Crippen MR) is 109 cm³/mol. The second-order valence-electron chi connectivity index (χ2n) is 7.09. The number of pyridine rings is 1. The Kier molecular flexibility index (Phi) is 6.27. The highest BCUT2D eigenvalue weighted by atomic mass is 32.1. The molecule has 5 nitrogen and oxygen atoms in total. The van der Waals surface area contributed by atoms with Crippen LogP contribution < -0.4 is 10.9 Å². The van der Waals surface area contributed by atoms with Gasteiger partial charge in [0.15, 0.2) is 5.11 Å². The summed E-state index contributed by atoms with van der Waals surface area (Å²) in [5, 5.41) is 14.5. The van der Waals surface area contributed by atoms with Crippen LogP contribution in [0.3, 0.4) is 0 Å². The average Bonchev–Trinajstić information content (AvgIpc) is 2.63. The highest BCUT2D eigenvalue weighted by Crippen LogP contribution is 2.18. The van der Waals surface area contributed by atoms with E-state index in [0.717, 1.165) is 29.3 Å². The number of nitrogens with one attached hydrogen (secondary N) is 2. The summed E-state index contributed by atoms with van der Waals surface area (Å²) in [6, 6.07) is 8.29. The number of aliphatic hydroxyl groups excluding tert-OH is 1. The fourth-order valence-electron chi connectivity index (χ4n) is 3.64. The monoisotopic (exact) mass is 373 g/mol. The lowest BCUT2D eigenvalue weighted by molar-refractivity contribution is 0.243. The SMILES string of the molecule is Cc1cccc2cc(CN(CCO)C(=S)NC3CCCCC3)c(=O)[nH]c12. The van der Waals surface area contributed by atoms with E-state index in [1.807, 2.05) is 36.1 Å². The largest absolute Gasteiger partial charge is 0.395 e. The quantitative estimate of drug-likeness (QED) is 0.703. The summed E-state index contributed by atoms with van der Waals surface area (Å²) in [5.74, 6) is 0. The molecule has 0 saturated heterocycles. The molecule has 0 atom stereocenters. The van der Waals surface area contributed by atoms with Crippen LogP contribution in [0, 0.1) is 6.92 Å². The fourth-order valence-corrected chi connectivity index (χ4v) is 3.96. The van der Waals surface area contributed by atoms with Gasteiger partial charge in [-0.15, -0.1) is 0 Å². The first-order chi connectivity index (χ1) is 12.6. The van der Waals surface area contributed by atoms with Crippen molar-refractivity contribution in [3.8, 4) is 0 Å². The molecule has 1 fully saturated rings. The molecule has 0 unspecified atom stereocenters. The lowest BCUT2D eigenvalue weighted by atomic mass is 9.96. The number of benzene rings is 1. The molecule has 3 N–H and O–H groups in total. The summed E-state index contributed by atoms with van der Waals surface area (Å²) in [5.41, 5.74) is 2.48. The number of hydrogen-bond donors (Lipinski definition) is 3. The number of fused-ring (bicyclic) bond motifs is 1. The molecule has 6 heteroatoms. The molecule has 140 valence electrons. The number of para-hydroxylation sites is 1. The van der Waals surface area contributed by atoms with Crippen molar-refractivity contribution in [3.63, 3.8) is 0 Å². The van der Waals surface area contributed by atoms with Gasteiger partial charge in [-0.2, -0.15) is 0 Å². The summed E-state index contributed by atoms with van der Waals surface area (Å²) < 4.78 is 0. The van der Waals surface area contributed by atoms with Gasteiger partial charge in [-0.3, -0.25) is 4.79 Å². The van der Waals surface area contributed by atoms with Crippen molar-refractivity contribution in [1.82, 2.24) is 15.2 Å². The van der Waals surface area contributed by atoms with Crippen LogP contribution in [-0.4, -0.2) is 39.3 Å². The first-order valence-electron chi connectivity index (χ1n) is 9.36. The van der Waals surface area contributed by atoms with Crippen molar-refractivity contribution in [2.24, 2.45) is 0 Å². The minimum absolute atomic E-state index is 0.00290. The van der Waals surface area contributed by atoms with Crippen molar-refractivity contribution in [2.75, 3.05) is 13.2 Å². The number of H-pyrrole nitrogens is 1. The molecule has 1 heterocycles. The molecule has 3 rings (SSSR count). The summed E-state index contributed by atoms with van der Waals surface area (Å²) in [4.78, 5) is 17.4. The van der Waals surface area contributed by atoms with Crippen LogP contribution in [0.5, 0.6) is 0 Å². The normalized spacial score (nSPS) is 15.2. The molecule has 1 aromatic carbocycles. The summed E-state index contributed by atoms with van der Waals surface area (Å²) >= 11 is 5.57. The van der Waals surface area contributed by atoms with Gasteiger partial charge in [0.05, 0.1) is 18.7 Å². The van der Waals surface area contributed by atoms with Gasteiger partial charge in [0.25, 0.3) is 5.56 Å². The number of aromatic amines is 1. The number of aryl methyl sites for hydroxylation is 1. The smallest absolute Gasteiger partial charge is 0.253 e. The number of nitrogens with zero attached hydrogens (tertiary/aromatic N) is 1. The Morgan fingerprint density at radius 3 is 2.85 bits per heavy atom. The third-order valence-corrected chi connectivity index (χ3v) is 5.49. The van der Waals surface area contributed by atoms with E-state index in [1.54, 1.807) is 0 Å². The minimum atomic E-state index is -0.102. The predicted octanol–water partition coefficient (Wildman–Crippen LogP) is 2.84. The van der Waals surface area contributed by atoms with Gasteiger partial charge in [0.2, 0.25) is 0 Å². The highest BCUT2D eigenvalue weighted by molar-refractivity contribution is 7.80. The zero-order valence-corrected chi connectivity index (χ0v) is 16.1. The molecule has 0 radical (unpaired) electrons. The highest BCUT2D eigenvalue weighted by Gasteiger charge is 2.18. The van der Waals surface area contributed by atoms with E-state index >= 15 is 0 Å². The molecule has 1 aliphatic rings. The third kappa shape index (κ3) is 4.43. The van der Waals surface area contributed by atoms with E-state index in [-0.39, 0.29) is 12.2 Å². The van der Waals surface area contributed by atoms with Crippen LogP contribution in [0.4, 0.5) is 0 Å². The van der Waals surface area contributed by atoms with Gasteiger partial charge in [0, 0.05) is 18.2 Å². The average molecular weight is 374 g/mol. The van der Waals surface area contributed by atoms with E-state index in [1.165, 1.54) is 19.3 Å². The zero-order valence-electron chi connectivity index (χ0n) is 15.3. The Bertz CT molecular complexity index is 827. The van der Waals surface area contributed by atoms with E-state index in [9.17, 15) is 9.90 Å². The minimum Gasteiger partial charge on any atom is -0.395 e. The Hall–Kier alpha value is -1.92. The van der Waals surface area contributed by atoms with Crippen LogP contribution >= 0.6 is 12.2 Å². The van der Waals surface area contributed by atoms with Crippen molar-refractivity contribution >= 4 is 28.2 Å². The molecule has 26 heavy (non-hydrogen) atoms.